The van der Waals surface area contributed by atoms with Gasteiger partial charge in [-0.1, -0.05) is 36.4 Å². The monoisotopic (exact) mass is 490 g/mol. The smallest absolute Gasteiger partial charge is 0.308 e. The van der Waals surface area contributed by atoms with Gasteiger partial charge in [-0.3, -0.25) is 19.2 Å². The van der Waals surface area contributed by atoms with Gasteiger partial charge >= 0.3 is 23.9 Å². The Labute approximate surface area is 208 Å². The zero-order chi connectivity index (χ0) is 26.2. The minimum atomic E-state index is -0.511. The second-order valence-electron chi connectivity index (χ2n) is 8.11. The molecule has 0 amide bonds. The Hall–Kier alpha value is -4.46. The van der Waals surface area contributed by atoms with Gasteiger partial charge in [-0.05, 0) is 59.4 Å². The summed E-state index contributed by atoms with van der Waals surface area (Å²) in [6, 6.07) is 18.1. The van der Waals surface area contributed by atoms with Crippen LogP contribution in [-0.2, 0) is 32.0 Å². The first-order valence-electron chi connectivity index (χ1n) is 11.2. The molecular weight excluding hydrogens is 464 g/mol. The summed E-state index contributed by atoms with van der Waals surface area (Å²) in [5.41, 5.74) is 3.81. The van der Waals surface area contributed by atoms with Crippen LogP contribution in [0.5, 0.6) is 23.0 Å². The maximum absolute atomic E-state index is 11.4. The average Bonchev–Trinajstić information content (AvgIpc) is 2.77. The van der Waals surface area contributed by atoms with Crippen LogP contribution >= 0.6 is 0 Å². The largest absolute Gasteiger partial charge is 0.423 e. The van der Waals surface area contributed by atoms with Crippen LogP contribution < -0.4 is 18.9 Å². The van der Waals surface area contributed by atoms with E-state index >= 15 is 0 Å². The highest BCUT2D eigenvalue weighted by Gasteiger charge is 2.13. The third kappa shape index (κ3) is 7.80. The predicted octanol–water partition coefficient (Wildman–Crippen LogP) is 4.57. The van der Waals surface area contributed by atoms with Gasteiger partial charge < -0.3 is 18.9 Å². The summed E-state index contributed by atoms with van der Waals surface area (Å²) >= 11 is 0. The van der Waals surface area contributed by atoms with E-state index in [1.54, 1.807) is 36.4 Å². The molecule has 0 bridgehead atoms. The fraction of sp³-hybridized carbons (Fsp3) is 0.214. The van der Waals surface area contributed by atoms with Crippen molar-refractivity contribution in [2.45, 2.75) is 40.5 Å². The van der Waals surface area contributed by atoms with Crippen molar-refractivity contribution in [2.24, 2.45) is 0 Å². The lowest BCUT2D eigenvalue weighted by Crippen LogP contribution is -2.07. The number of ether oxygens (including phenoxy) is 4. The van der Waals surface area contributed by atoms with Crippen LogP contribution in [0.4, 0.5) is 0 Å². The number of carbonyl (C=O) groups excluding carboxylic acids is 4. The summed E-state index contributed by atoms with van der Waals surface area (Å²) < 4.78 is 20.6. The second kappa shape index (κ2) is 11.8. The maximum Gasteiger partial charge on any atom is 0.308 e. The molecule has 36 heavy (non-hydrogen) atoms. The van der Waals surface area contributed by atoms with E-state index in [1.807, 2.05) is 24.3 Å². The van der Waals surface area contributed by atoms with Gasteiger partial charge in [0.05, 0.1) is 0 Å². The summed E-state index contributed by atoms with van der Waals surface area (Å²) in [7, 11) is 0. The Bertz CT molecular complexity index is 1190. The average molecular weight is 491 g/mol. The van der Waals surface area contributed by atoms with E-state index in [2.05, 4.69) is 0 Å². The molecule has 186 valence electrons. The van der Waals surface area contributed by atoms with Gasteiger partial charge in [0.15, 0.2) is 23.0 Å². The first-order valence-corrected chi connectivity index (χ1v) is 11.2. The fourth-order valence-corrected chi connectivity index (χ4v) is 3.52. The number of rotatable bonds is 8. The Morgan fingerprint density at radius 3 is 1.03 bits per heavy atom. The van der Waals surface area contributed by atoms with Gasteiger partial charge in [-0.15, -0.1) is 0 Å². The summed E-state index contributed by atoms with van der Waals surface area (Å²) in [6.45, 7) is 5.11. The predicted molar refractivity (Wildman–Crippen MR) is 130 cm³/mol. The van der Waals surface area contributed by atoms with Crippen LogP contribution in [0.25, 0.3) is 0 Å². The first-order chi connectivity index (χ1) is 17.1. The Morgan fingerprint density at radius 2 is 0.722 bits per heavy atom. The lowest BCUT2D eigenvalue weighted by molar-refractivity contribution is -0.134. The summed E-state index contributed by atoms with van der Waals surface area (Å²) in [5, 5.41) is 0. The number of hydrogen-bond donors (Lipinski definition) is 0. The molecule has 0 fully saturated rings. The lowest BCUT2D eigenvalue weighted by Gasteiger charge is -2.12. The minimum Gasteiger partial charge on any atom is -0.423 e. The van der Waals surface area contributed by atoms with E-state index in [1.165, 1.54) is 27.7 Å². The van der Waals surface area contributed by atoms with Crippen molar-refractivity contribution in [2.75, 3.05) is 0 Å². The van der Waals surface area contributed by atoms with Gasteiger partial charge in [0, 0.05) is 27.7 Å². The van der Waals surface area contributed by atoms with Crippen molar-refractivity contribution in [3.05, 3.63) is 82.9 Å². The molecule has 3 aromatic carbocycles. The molecule has 8 nitrogen and oxygen atoms in total. The summed E-state index contributed by atoms with van der Waals surface area (Å²) in [6.07, 6.45) is 1.14. The van der Waals surface area contributed by atoms with E-state index in [-0.39, 0.29) is 23.0 Å². The van der Waals surface area contributed by atoms with Crippen molar-refractivity contribution in [1.29, 1.82) is 0 Å². The zero-order valence-electron chi connectivity index (χ0n) is 20.5. The standard InChI is InChI=1S/C28H26O8/c1-17(29)33-25-11-9-23(15-27(25)35-19(3)31)13-21-5-7-22(8-6-21)14-24-10-12-26(34-18(2)30)28(16-24)36-20(4)32/h5-12,15-16H,13-14H2,1-4H3. The molecule has 0 aromatic heterocycles. The number of hydrogen-bond acceptors (Lipinski definition) is 8. The molecular formula is C28H26O8. The maximum atomic E-state index is 11.4. The van der Waals surface area contributed by atoms with Gasteiger partial charge in [-0.25, -0.2) is 0 Å². The number of benzene rings is 3. The highest BCUT2D eigenvalue weighted by atomic mass is 16.6. The normalized spacial score (nSPS) is 10.3. The molecule has 8 heteroatoms. The van der Waals surface area contributed by atoms with E-state index < -0.39 is 23.9 Å². The Kier molecular flexibility index (Phi) is 8.57. The highest BCUT2D eigenvalue weighted by molar-refractivity contribution is 5.74. The van der Waals surface area contributed by atoms with E-state index in [9.17, 15) is 19.2 Å². The van der Waals surface area contributed by atoms with E-state index in [0.29, 0.717) is 12.8 Å². The zero-order valence-corrected chi connectivity index (χ0v) is 20.5. The van der Waals surface area contributed by atoms with Gasteiger partial charge in [0.2, 0.25) is 0 Å². The van der Waals surface area contributed by atoms with Crippen LogP contribution in [0.15, 0.2) is 60.7 Å². The molecule has 3 rings (SSSR count). The van der Waals surface area contributed by atoms with Crippen molar-refractivity contribution in [3.8, 4) is 23.0 Å². The van der Waals surface area contributed by atoms with Crippen molar-refractivity contribution in [1.82, 2.24) is 0 Å². The van der Waals surface area contributed by atoms with E-state index in [0.717, 1.165) is 22.3 Å². The second-order valence-corrected chi connectivity index (χ2v) is 8.11. The van der Waals surface area contributed by atoms with Crippen molar-refractivity contribution in [3.63, 3.8) is 0 Å². The number of esters is 4. The Morgan fingerprint density at radius 1 is 0.444 bits per heavy atom. The molecule has 3 aromatic rings. The van der Waals surface area contributed by atoms with Gasteiger partial charge in [0.25, 0.3) is 0 Å². The molecule has 0 saturated heterocycles. The third-order valence-corrected chi connectivity index (χ3v) is 4.87. The van der Waals surface area contributed by atoms with E-state index in [4.69, 9.17) is 18.9 Å². The fourth-order valence-electron chi connectivity index (χ4n) is 3.52. The topological polar surface area (TPSA) is 105 Å². The molecule has 0 saturated carbocycles. The molecule has 0 spiro atoms. The Balaban J connectivity index is 1.74. The van der Waals surface area contributed by atoms with Crippen LogP contribution in [0, 0.1) is 0 Å². The van der Waals surface area contributed by atoms with Crippen LogP contribution in [0.1, 0.15) is 49.9 Å². The quantitative estimate of drug-likeness (QED) is 0.334. The van der Waals surface area contributed by atoms with Crippen LogP contribution in [-0.4, -0.2) is 23.9 Å². The minimum absolute atomic E-state index is 0.185. The van der Waals surface area contributed by atoms with Crippen LogP contribution in [0.2, 0.25) is 0 Å². The number of carbonyl (C=O) groups is 4. The molecule has 0 atom stereocenters. The lowest BCUT2D eigenvalue weighted by atomic mass is 10.00. The van der Waals surface area contributed by atoms with Crippen molar-refractivity contribution >= 4 is 23.9 Å². The molecule has 0 heterocycles. The molecule has 0 unspecified atom stereocenters. The summed E-state index contributed by atoms with van der Waals surface area (Å²) in [5.74, 6) is -1.29. The molecule has 0 radical (unpaired) electrons. The molecule has 0 aliphatic heterocycles. The third-order valence-electron chi connectivity index (χ3n) is 4.87. The van der Waals surface area contributed by atoms with Crippen LogP contribution in [0.3, 0.4) is 0 Å². The first kappa shape index (κ1) is 26.2. The molecule has 0 aliphatic rings. The SMILES string of the molecule is CC(=O)Oc1ccc(Cc2ccc(Cc3ccc(OC(C)=O)c(OC(C)=O)c3)cc2)cc1OC(C)=O. The molecule has 0 aliphatic carbocycles. The van der Waals surface area contributed by atoms with Gasteiger partial charge in [0.1, 0.15) is 0 Å². The summed E-state index contributed by atoms with van der Waals surface area (Å²) in [4.78, 5) is 45.5. The molecule has 0 N–H and O–H groups in total. The highest BCUT2D eigenvalue weighted by Crippen LogP contribution is 2.31. The van der Waals surface area contributed by atoms with Crippen molar-refractivity contribution < 1.29 is 38.1 Å². The van der Waals surface area contributed by atoms with Gasteiger partial charge in [-0.2, -0.15) is 0 Å².